The summed E-state index contributed by atoms with van der Waals surface area (Å²) in [7, 11) is 3.44. The third kappa shape index (κ3) is 3.55. The lowest BCUT2D eigenvalue weighted by Gasteiger charge is -2.34. The van der Waals surface area contributed by atoms with Crippen molar-refractivity contribution in [1.82, 2.24) is 10.2 Å². The highest BCUT2D eigenvalue weighted by molar-refractivity contribution is 5.85. The van der Waals surface area contributed by atoms with E-state index in [1.165, 1.54) is 0 Å². The fourth-order valence-corrected chi connectivity index (χ4v) is 4.81. The second-order valence-corrected chi connectivity index (χ2v) is 7.82. The number of carbonyl (C=O) groups is 2. The zero-order valence-corrected chi connectivity index (χ0v) is 16.4. The van der Waals surface area contributed by atoms with Crippen LogP contribution in [0.3, 0.4) is 0 Å². The molecule has 1 aromatic carbocycles. The molecule has 2 aliphatic rings. The van der Waals surface area contributed by atoms with Crippen LogP contribution < -0.4 is 10.1 Å². The molecule has 0 unspecified atom stereocenters. The number of aliphatic carboxylic acids is 1. The van der Waals surface area contributed by atoms with Crippen molar-refractivity contribution in [2.24, 2.45) is 5.92 Å². The van der Waals surface area contributed by atoms with Crippen LogP contribution in [0.4, 0.5) is 0 Å². The highest BCUT2D eigenvalue weighted by Gasteiger charge is 2.56. The molecule has 3 rings (SSSR count). The van der Waals surface area contributed by atoms with Crippen molar-refractivity contribution >= 4 is 11.9 Å². The molecule has 0 bridgehead atoms. The Labute approximate surface area is 160 Å². The molecule has 0 aromatic heterocycles. The number of likely N-dealkylation sites (tertiary alicyclic amines) is 1. The van der Waals surface area contributed by atoms with Gasteiger partial charge in [0.2, 0.25) is 5.91 Å². The van der Waals surface area contributed by atoms with E-state index < -0.39 is 11.5 Å². The van der Waals surface area contributed by atoms with Gasteiger partial charge < -0.3 is 15.2 Å². The van der Waals surface area contributed by atoms with Crippen LogP contribution >= 0.6 is 0 Å². The quantitative estimate of drug-likeness (QED) is 0.800. The number of nitrogens with zero attached hydrogens (tertiary/aromatic N) is 1. The highest BCUT2D eigenvalue weighted by atomic mass is 16.5. The van der Waals surface area contributed by atoms with Crippen molar-refractivity contribution in [1.29, 1.82) is 0 Å². The molecule has 1 heterocycles. The van der Waals surface area contributed by atoms with Crippen LogP contribution in [-0.2, 0) is 9.59 Å². The summed E-state index contributed by atoms with van der Waals surface area (Å²) in [6.45, 7) is 1.88. The van der Waals surface area contributed by atoms with Crippen LogP contribution in [0, 0.1) is 5.92 Å². The number of ether oxygens (including phenoxy) is 1. The van der Waals surface area contributed by atoms with E-state index >= 15 is 0 Å². The van der Waals surface area contributed by atoms with Gasteiger partial charge in [-0.25, -0.2) is 0 Å². The van der Waals surface area contributed by atoms with Gasteiger partial charge in [-0.05, 0) is 50.4 Å². The number of methoxy groups -OCH3 is 1. The molecule has 1 saturated heterocycles. The summed E-state index contributed by atoms with van der Waals surface area (Å²) in [6.07, 6.45) is 5.10. The van der Waals surface area contributed by atoms with Gasteiger partial charge in [0.05, 0.1) is 13.0 Å². The third-order valence-corrected chi connectivity index (χ3v) is 6.51. The van der Waals surface area contributed by atoms with Gasteiger partial charge in [0.1, 0.15) is 11.3 Å². The molecule has 2 N–H and O–H groups in total. The van der Waals surface area contributed by atoms with Crippen molar-refractivity contribution in [3.8, 4) is 5.75 Å². The zero-order chi connectivity index (χ0) is 19.6. The lowest BCUT2D eigenvalue weighted by Crippen LogP contribution is -2.48. The van der Waals surface area contributed by atoms with Crippen LogP contribution in [0.2, 0.25) is 0 Å². The Bertz CT molecular complexity index is 684. The van der Waals surface area contributed by atoms with Crippen molar-refractivity contribution in [2.45, 2.75) is 63.1 Å². The SMILES string of the molecule is CC[C@@]1(C(=O)O)C[C@H](C(=O)NC2CCCC2)[C@H](c2ccc(OC)cc2)N1C. The lowest BCUT2D eigenvalue weighted by atomic mass is 9.87. The molecule has 1 amide bonds. The fourth-order valence-electron chi connectivity index (χ4n) is 4.81. The maximum absolute atomic E-state index is 13.1. The van der Waals surface area contributed by atoms with Crippen molar-refractivity contribution < 1.29 is 19.4 Å². The summed E-state index contributed by atoms with van der Waals surface area (Å²) in [4.78, 5) is 27.2. The van der Waals surface area contributed by atoms with Crippen molar-refractivity contribution in [3.05, 3.63) is 29.8 Å². The van der Waals surface area contributed by atoms with E-state index in [9.17, 15) is 14.7 Å². The molecule has 6 heteroatoms. The average molecular weight is 374 g/mol. The third-order valence-electron chi connectivity index (χ3n) is 6.51. The van der Waals surface area contributed by atoms with Gasteiger partial charge in [-0.15, -0.1) is 0 Å². The van der Waals surface area contributed by atoms with Crippen LogP contribution in [0.25, 0.3) is 0 Å². The van der Waals surface area contributed by atoms with Gasteiger partial charge in [0, 0.05) is 12.1 Å². The first kappa shape index (κ1) is 19.7. The molecule has 1 saturated carbocycles. The van der Waals surface area contributed by atoms with E-state index in [-0.39, 0.29) is 23.9 Å². The molecule has 1 aliphatic carbocycles. The Kier molecular flexibility index (Phi) is 5.75. The summed E-state index contributed by atoms with van der Waals surface area (Å²) in [5, 5.41) is 13.2. The molecule has 6 nitrogen and oxygen atoms in total. The average Bonchev–Trinajstić information content (AvgIpc) is 3.28. The predicted octanol–water partition coefficient (Wildman–Crippen LogP) is 2.98. The number of nitrogens with one attached hydrogen (secondary N) is 1. The number of carboxylic acid groups (broad SMARTS) is 1. The van der Waals surface area contributed by atoms with Gasteiger partial charge in [-0.1, -0.05) is 31.9 Å². The van der Waals surface area contributed by atoms with Gasteiger partial charge in [0.25, 0.3) is 0 Å². The molecule has 2 fully saturated rings. The van der Waals surface area contributed by atoms with Gasteiger partial charge >= 0.3 is 5.97 Å². The first-order valence-electron chi connectivity index (χ1n) is 9.83. The number of amides is 1. The van der Waals surface area contributed by atoms with Gasteiger partial charge in [-0.3, -0.25) is 14.5 Å². The molecule has 3 atom stereocenters. The first-order valence-corrected chi connectivity index (χ1v) is 9.83. The number of rotatable bonds is 6. The van der Waals surface area contributed by atoms with Crippen LogP contribution in [0.1, 0.15) is 57.1 Å². The Morgan fingerprint density at radius 3 is 2.41 bits per heavy atom. The van der Waals surface area contributed by atoms with Crippen molar-refractivity contribution in [2.75, 3.05) is 14.2 Å². The summed E-state index contributed by atoms with van der Waals surface area (Å²) in [5.41, 5.74) is -0.0797. The summed E-state index contributed by atoms with van der Waals surface area (Å²) >= 11 is 0. The normalized spacial score (nSPS) is 29.0. The molecule has 1 aliphatic heterocycles. The second-order valence-electron chi connectivity index (χ2n) is 7.82. The van der Waals surface area contributed by atoms with E-state index in [1.807, 2.05) is 43.1 Å². The van der Waals surface area contributed by atoms with Gasteiger partial charge in [-0.2, -0.15) is 0 Å². The highest BCUT2D eigenvalue weighted by Crippen LogP contribution is 2.48. The minimum Gasteiger partial charge on any atom is -0.497 e. The minimum atomic E-state index is -1.03. The molecule has 0 radical (unpaired) electrons. The first-order chi connectivity index (χ1) is 12.9. The largest absolute Gasteiger partial charge is 0.497 e. The van der Waals surface area contributed by atoms with E-state index in [0.29, 0.717) is 12.8 Å². The Balaban J connectivity index is 1.93. The standard InChI is InChI=1S/C21H30N2O4/c1-4-21(20(25)26)13-17(19(24)22-15-7-5-6-8-15)18(23(21)2)14-9-11-16(27-3)12-10-14/h9-12,15,17-18H,4-8,13H2,1-3H3,(H,22,24)(H,25,26)/t17-,18-,21-/m0/s1. The lowest BCUT2D eigenvalue weighted by molar-refractivity contribution is -0.150. The predicted molar refractivity (Wildman–Crippen MR) is 103 cm³/mol. The number of hydrogen-bond donors (Lipinski definition) is 2. The summed E-state index contributed by atoms with van der Waals surface area (Å²) in [5.74, 6) is -0.528. The smallest absolute Gasteiger partial charge is 0.324 e. The number of carboxylic acids is 1. The van der Waals surface area contributed by atoms with Gasteiger partial charge in [0.15, 0.2) is 0 Å². The van der Waals surface area contributed by atoms with Crippen LogP contribution in [0.15, 0.2) is 24.3 Å². The van der Waals surface area contributed by atoms with E-state index in [2.05, 4.69) is 5.32 Å². The Morgan fingerprint density at radius 2 is 1.89 bits per heavy atom. The maximum atomic E-state index is 13.1. The molecule has 1 aromatic rings. The molecule has 27 heavy (non-hydrogen) atoms. The number of hydrogen-bond acceptors (Lipinski definition) is 4. The number of carbonyl (C=O) groups excluding carboxylic acids is 1. The molecular formula is C21H30N2O4. The molecule has 148 valence electrons. The minimum absolute atomic E-state index is 0.0221. The molecule has 0 spiro atoms. The zero-order valence-electron chi connectivity index (χ0n) is 16.4. The van der Waals surface area contributed by atoms with E-state index in [1.54, 1.807) is 7.11 Å². The van der Waals surface area contributed by atoms with Crippen molar-refractivity contribution in [3.63, 3.8) is 0 Å². The fraction of sp³-hybridized carbons (Fsp3) is 0.619. The Morgan fingerprint density at radius 1 is 1.26 bits per heavy atom. The summed E-state index contributed by atoms with van der Waals surface area (Å²) in [6, 6.07) is 7.55. The monoisotopic (exact) mass is 374 g/mol. The Hall–Kier alpha value is -2.08. The number of likely N-dealkylation sites (N-methyl/N-ethyl adjacent to an activating group) is 1. The second kappa shape index (κ2) is 7.89. The topological polar surface area (TPSA) is 78.9 Å². The van der Waals surface area contributed by atoms with Crippen LogP contribution in [0.5, 0.6) is 5.75 Å². The molecular weight excluding hydrogens is 344 g/mol. The maximum Gasteiger partial charge on any atom is 0.324 e. The number of benzene rings is 1. The van der Waals surface area contributed by atoms with E-state index in [0.717, 1.165) is 37.0 Å². The van der Waals surface area contributed by atoms with Crippen LogP contribution in [-0.4, -0.2) is 47.6 Å². The summed E-state index contributed by atoms with van der Waals surface area (Å²) < 4.78 is 5.23. The van der Waals surface area contributed by atoms with E-state index in [4.69, 9.17) is 4.74 Å².